The number of aromatic nitrogens is 10. The van der Waals surface area contributed by atoms with E-state index < -0.39 is 0 Å². The van der Waals surface area contributed by atoms with Crippen molar-refractivity contribution in [1.82, 2.24) is 50.3 Å². The molecule has 5 aromatic rings. The van der Waals surface area contributed by atoms with Gasteiger partial charge in [-0.2, -0.15) is 15.2 Å². The first-order valence-corrected chi connectivity index (χ1v) is 9.74. The second-order valence-corrected chi connectivity index (χ2v) is 7.06. The van der Waals surface area contributed by atoms with Crippen LogP contribution in [0, 0.1) is 6.92 Å². The van der Waals surface area contributed by atoms with E-state index >= 15 is 0 Å². The minimum absolute atomic E-state index is 0.225. The number of hydrogen-bond acceptors (Lipinski definition) is 10. The van der Waals surface area contributed by atoms with Crippen molar-refractivity contribution in [3.8, 4) is 28.7 Å². The van der Waals surface area contributed by atoms with Gasteiger partial charge in [0.1, 0.15) is 12.9 Å². The lowest BCUT2D eigenvalue weighted by atomic mass is 10.1. The van der Waals surface area contributed by atoms with Gasteiger partial charge in [-0.15, -0.1) is 10.2 Å². The molecule has 0 amide bonds. The third-order valence-corrected chi connectivity index (χ3v) is 4.77. The van der Waals surface area contributed by atoms with E-state index in [0.29, 0.717) is 29.7 Å². The Kier molecular flexibility index (Phi) is 5.07. The number of aryl methyl sites for hydroxylation is 2. The van der Waals surface area contributed by atoms with Gasteiger partial charge >= 0.3 is 0 Å². The number of tetrazole rings is 1. The lowest BCUT2D eigenvalue weighted by Gasteiger charge is -2.06. The lowest BCUT2D eigenvalue weighted by molar-refractivity contribution is 0.279. The topological polar surface area (TPSA) is 135 Å². The van der Waals surface area contributed by atoms with E-state index in [1.165, 1.54) is 0 Å². The van der Waals surface area contributed by atoms with Gasteiger partial charge in [0, 0.05) is 18.7 Å². The Bertz CT molecular complexity index is 1320. The highest BCUT2D eigenvalue weighted by Crippen LogP contribution is 2.26. The van der Waals surface area contributed by atoms with Crippen molar-refractivity contribution in [3.05, 3.63) is 65.9 Å². The van der Waals surface area contributed by atoms with Crippen molar-refractivity contribution in [1.29, 1.82) is 0 Å². The first-order valence-electron chi connectivity index (χ1n) is 9.74. The van der Waals surface area contributed by atoms with Gasteiger partial charge < -0.3 is 9.26 Å². The predicted molar refractivity (Wildman–Crippen MR) is 110 cm³/mol. The van der Waals surface area contributed by atoms with E-state index in [0.717, 1.165) is 22.5 Å². The molecule has 4 aromatic heterocycles. The normalized spacial score (nSPS) is 11.1. The van der Waals surface area contributed by atoms with Crippen molar-refractivity contribution >= 4 is 0 Å². The minimum atomic E-state index is 0.225. The van der Waals surface area contributed by atoms with Gasteiger partial charge in [-0.05, 0) is 35.0 Å². The monoisotopic (exact) mass is 430 g/mol. The van der Waals surface area contributed by atoms with Crippen LogP contribution in [0.15, 0.2) is 53.4 Å². The van der Waals surface area contributed by atoms with Gasteiger partial charge in [-0.1, -0.05) is 23.4 Å². The molecule has 0 radical (unpaired) electrons. The van der Waals surface area contributed by atoms with E-state index in [2.05, 4.69) is 41.0 Å². The lowest BCUT2D eigenvalue weighted by Crippen LogP contribution is -2.05. The van der Waals surface area contributed by atoms with Crippen LogP contribution in [-0.2, 0) is 20.2 Å². The van der Waals surface area contributed by atoms with Crippen LogP contribution in [0.5, 0.6) is 5.88 Å². The highest BCUT2D eigenvalue weighted by Gasteiger charge is 2.19. The molecule has 0 bridgehead atoms. The summed E-state index contributed by atoms with van der Waals surface area (Å²) in [4.78, 5) is 4.57. The fourth-order valence-corrected chi connectivity index (χ4v) is 3.12. The summed E-state index contributed by atoms with van der Waals surface area (Å²) in [5.41, 5.74) is 4.11. The summed E-state index contributed by atoms with van der Waals surface area (Å²) < 4.78 is 14.6. The quantitative estimate of drug-likeness (QED) is 0.376. The molecule has 12 nitrogen and oxygen atoms in total. The van der Waals surface area contributed by atoms with Gasteiger partial charge in [-0.25, -0.2) is 4.68 Å². The molecule has 0 saturated heterocycles. The highest BCUT2D eigenvalue weighted by atomic mass is 16.5. The van der Waals surface area contributed by atoms with Crippen LogP contribution in [0.3, 0.4) is 0 Å². The van der Waals surface area contributed by atoms with Gasteiger partial charge in [0.15, 0.2) is 0 Å². The second-order valence-electron chi connectivity index (χ2n) is 7.06. The highest BCUT2D eigenvalue weighted by molar-refractivity contribution is 5.61. The number of nitrogens with zero attached hydrogens (tertiary/aromatic N) is 10. The van der Waals surface area contributed by atoms with Crippen LogP contribution in [-0.4, -0.2) is 50.3 Å². The summed E-state index contributed by atoms with van der Waals surface area (Å²) in [6.07, 6.45) is 3.23. The first kappa shape index (κ1) is 19.5. The van der Waals surface area contributed by atoms with Crippen molar-refractivity contribution in [2.24, 2.45) is 7.05 Å². The minimum Gasteiger partial charge on any atom is -0.470 e. The van der Waals surface area contributed by atoms with Crippen LogP contribution in [0.25, 0.3) is 22.8 Å². The zero-order valence-electron chi connectivity index (χ0n) is 17.3. The Labute approximate surface area is 181 Å². The molecule has 1 aromatic carbocycles. The van der Waals surface area contributed by atoms with Gasteiger partial charge in [-0.3, -0.25) is 4.68 Å². The maximum absolute atomic E-state index is 5.76. The molecule has 0 atom stereocenters. The van der Waals surface area contributed by atoms with Crippen LogP contribution in [0.1, 0.15) is 17.0 Å². The van der Waals surface area contributed by atoms with Crippen LogP contribution >= 0.6 is 0 Å². The molecule has 4 heterocycles. The average molecular weight is 430 g/mol. The standard InChI is InChI=1S/C20H18N10O2/c1-13-6-7-18(25-24-13)31-11-17-16(9-22-29(17)2)20-23-19(26-32-20)15-5-3-4-14(8-15)10-30-12-21-27-28-30/h3-9,12H,10-11H2,1-2H3. The third-order valence-electron chi connectivity index (χ3n) is 4.77. The first-order chi connectivity index (χ1) is 15.7. The molecule has 160 valence electrons. The maximum atomic E-state index is 5.76. The zero-order valence-corrected chi connectivity index (χ0v) is 17.3. The molecule has 0 aliphatic heterocycles. The maximum Gasteiger partial charge on any atom is 0.261 e. The molecule has 0 N–H and O–H groups in total. The summed E-state index contributed by atoms with van der Waals surface area (Å²) in [6.45, 7) is 2.63. The van der Waals surface area contributed by atoms with Crippen molar-refractivity contribution < 1.29 is 9.26 Å². The van der Waals surface area contributed by atoms with Gasteiger partial charge in [0.2, 0.25) is 11.7 Å². The SMILES string of the molecule is Cc1ccc(OCc2c(-c3nc(-c4cccc(Cn5cnnn5)c4)no3)cnn2C)nn1. The Hall–Kier alpha value is -4.48. The molecule has 0 unspecified atom stereocenters. The van der Waals surface area contributed by atoms with E-state index in [9.17, 15) is 0 Å². The molecular weight excluding hydrogens is 412 g/mol. The Morgan fingerprint density at radius 3 is 2.88 bits per heavy atom. The summed E-state index contributed by atoms with van der Waals surface area (Å²) in [5.74, 6) is 1.25. The molecule has 0 fully saturated rings. The van der Waals surface area contributed by atoms with E-state index in [1.54, 1.807) is 28.0 Å². The van der Waals surface area contributed by atoms with Crippen LogP contribution < -0.4 is 4.74 Å². The average Bonchev–Trinajstić information content (AvgIpc) is 3.55. The van der Waals surface area contributed by atoms with Crippen LogP contribution in [0.2, 0.25) is 0 Å². The molecule has 12 heteroatoms. The van der Waals surface area contributed by atoms with Gasteiger partial charge in [0.25, 0.3) is 5.89 Å². The number of hydrogen-bond donors (Lipinski definition) is 0. The number of rotatable bonds is 7. The summed E-state index contributed by atoms with van der Waals surface area (Å²) in [6, 6.07) is 11.4. The Balaban J connectivity index is 1.36. The summed E-state index contributed by atoms with van der Waals surface area (Å²) in [5, 5.41) is 27.7. The van der Waals surface area contributed by atoms with Gasteiger partial charge in [0.05, 0.1) is 29.7 Å². The largest absolute Gasteiger partial charge is 0.470 e. The number of ether oxygens (including phenoxy) is 1. The predicted octanol–water partition coefficient (Wildman–Crippen LogP) is 1.85. The zero-order chi connectivity index (χ0) is 21.9. The molecule has 0 aliphatic carbocycles. The molecule has 0 aliphatic rings. The molecule has 32 heavy (non-hydrogen) atoms. The van der Waals surface area contributed by atoms with Crippen molar-refractivity contribution in [2.45, 2.75) is 20.1 Å². The van der Waals surface area contributed by atoms with E-state index in [-0.39, 0.29) is 6.61 Å². The third kappa shape index (κ3) is 4.05. The number of benzene rings is 1. The fourth-order valence-electron chi connectivity index (χ4n) is 3.12. The molecule has 5 rings (SSSR count). The summed E-state index contributed by atoms with van der Waals surface area (Å²) >= 11 is 0. The van der Waals surface area contributed by atoms with Crippen LogP contribution in [0.4, 0.5) is 0 Å². The van der Waals surface area contributed by atoms with Crippen molar-refractivity contribution in [3.63, 3.8) is 0 Å². The molecular formula is C20H18N10O2. The fraction of sp³-hybridized carbons (Fsp3) is 0.200. The molecule has 0 saturated carbocycles. The van der Waals surface area contributed by atoms with E-state index in [1.807, 2.05) is 44.3 Å². The van der Waals surface area contributed by atoms with Crippen molar-refractivity contribution in [2.75, 3.05) is 0 Å². The molecule has 0 spiro atoms. The smallest absolute Gasteiger partial charge is 0.261 e. The summed E-state index contributed by atoms with van der Waals surface area (Å²) in [7, 11) is 1.82. The Morgan fingerprint density at radius 1 is 1.12 bits per heavy atom. The second kappa shape index (κ2) is 8.34. The van der Waals surface area contributed by atoms with E-state index in [4.69, 9.17) is 9.26 Å². The Morgan fingerprint density at radius 2 is 2.06 bits per heavy atom.